The number of nitrogens with two attached hydrogens (primary N) is 1. The molecule has 0 unspecified atom stereocenters. The lowest BCUT2D eigenvalue weighted by Gasteiger charge is -2.28. The van der Waals surface area contributed by atoms with Crippen LogP contribution in [0.4, 0.5) is 10.5 Å². The summed E-state index contributed by atoms with van der Waals surface area (Å²) in [5, 5.41) is 4.89. The first-order valence-electron chi connectivity index (χ1n) is 6.84. The van der Waals surface area contributed by atoms with Crippen LogP contribution in [0.5, 0.6) is 5.75 Å². The summed E-state index contributed by atoms with van der Waals surface area (Å²) < 4.78 is 5.23. The van der Waals surface area contributed by atoms with Crippen LogP contribution in [0.1, 0.15) is 16.8 Å². The molecule has 1 aromatic rings. The van der Waals surface area contributed by atoms with Crippen molar-refractivity contribution in [2.75, 3.05) is 31.6 Å². The number of hydrogen-bond donors (Lipinski definition) is 3. The van der Waals surface area contributed by atoms with Gasteiger partial charge in [-0.3, -0.25) is 19.8 Å². The van der Waals surface area contributed by atoms with E-state index in [9.17, 15) is 14.4 Å². The van der Waals surface area contributed by atoms with Gasteiger partial charge in [0.25, 0.3) is 5.91 Å². The maximum atomic E-state index is 12.0. The van der Waals surface area contributed by atoms with Crippen molar-refractivity contribution in [1.29, 1.82) is 0 Å². The van der Waals surface area contributed by atoms with Crippen molar-refractivity contribution in [2.24, 2.45) is 5.73 Å². The predicted molar refractivity (Wildman–Crippen MR) is 87.1 cm³/mol. The number of rotatable bonds is 5. The number of imide groups is 1. The third-order valence-corrected chi connectivity index (χ3v) is 3.22. The molecule has 0 spiro atoms. The van der Waals surface area contributed by atoms with Crippen molar-refractivity contribution in [3.8, 4) is 5.75 Å². The van der Waals surface area contributed by atoms with Crippen LogP contribution in [-0.4, -0.2) is 44.6 Å². The molecule has 1 heterocycles. The van der Waals surface area contributed by atoms with E-state index in [-0.39, 0.29) is 37.2 Å². The first kappa shape index (κ1) is 18.7. The van der Waals surface area contributed by atoms with Crippen molar-refractivity contribution < 1.29 is 19.1 Å². The number of carbonyl (C=O) groups is 3. The molecule has 126 valence electrons. The topological polar surface area (TPSA) is 114 Å². The van der Waals surface area contributed by atoms with Gasteiger partial charge < -0.3 is 15.8 Å². The van der Waals surface area contributed by atoms with Gasteiger partial charge in [0.05, 0.1) is 12.8 Å². The zero-order valence-corrected chi connectivity index (χ0v) is 13.4. The SMILES string of the molecule is COc1ccc(C(=O)NCCN)cc1N1CCC(=O)NC1=O.Cl. The monoisotopic (exact) mass is 342 g/mol. The Labute approximate surface area is 139 Å². The normalized spacial score (nSPS) is 13.9. The average molecular weight is 343 g/mol. The lowest BCUT2D eigenvalue weighted by molar-refractivity contribution is -0.120. The quantitative estimate of drug-likeness (QED) is 0.710. The van der Waals surface area contributed by atoms with Crippen LogP contribution in [0.15, 0.2) is 18.2 Å². The molecule has 0 aromatic heterocycles. The molecule has 0 radical (unpaired) electrons. The highest BCUT2D eigenvalue weighted by molar-refractivity contribution is 6.07. The lowest BCUT2D eigenvalue weighted by atomic mass is 10.1. The number of ether oxygens (including phenoxy) is 1. The minimum Gasteiger partial charge on any atom is -0.495 e. The number of methoxy groups -OCH3 is 1. The molecule has 1 aromatic carbocycles. The van der Waals surface area contributed by atoms with Gasteiger partial charge in [-0.25, -0.2) is 4.79 Å². The number of carbonyl (C=O) groups excluding carboxylic acids is 3. The molecule has 1 saturated heterocycles. The molecular formula is C14H19ClN4O4. The van der Waals surface area contributed by atoms with Crippen LogP contribution < -0.4 is 26.0 Å². The van der Waals surface area contributed by atoms with Gasteiger partial charge in [-0.15, -0.1) is 12.4 Å². The number of hydrogen-bond acceptors (Lipinski definition) is 5. The maximum Gasteiger partial charge on any atom is 0.328 e. The van der Waals surface area contributed by atoms with Crippen LogP contribution in [0, 0.1) is 0 Å². The Kier molecular flexibility index (Phi) is 6.80. The van der Waals surface area contributed by atoms with Crippen LogP contribution >= 0.6 is 12.4 Å². The van der Waals surface area contributed by atoms with Gasteiger partial charge in [0, 0.05) is 31.6 Å². The minimum atomic E-state index is -0.533. The van der Waals surface area contributed by atoms with Gasteiger partial charge in [0.15, 0.2) is 0 Å². The fourth-order valence-electron chi connectivity index (χ4n) is 2.12. The molecule has 23 heavy (non-hydrogen) atoms. The fourth-order valence-corrected chi connectivity index (χ4v) is 2.12. The molecule has 1 aliphatic heterocycles. The van der Waals surface area contributed by atoms with Gasteiger partial charge in [-0.1, -0.05) is 0 Å². The van der Waals surface area contributed by atoms with Crippen LogP contribution in [0.3, 0.4) is 0 Å². The molecule has 1 aliphatic rings. The van der Waals surface area contributed by atoms with Gasteiger partial charge in [-0.2, -0.15) is 0 Å². The fraction of sp³-hybridized carbons (Fsp3) is 0.357. The van der Waals surface area contributed by atoms with Crippen molar-refractivity contribution >= 4 is 35.9 Å². The highest BCUT2D eigenvalue weighted by atomic mass is 35.5. The number of amides is 4. The highest BCUT2D eigenvalue weighted by Crippen LogP contribution is 2.30. The van der Waals surface area contributed by atoms with Gasteiger partial charge >= 0.3 is 6.03 Å². The molecule has 0 bridgehead atoms. The lowest BCUT2D eigenvalue weighted by Crippen LogP contribution is -2.49. The van der Waals surface area contributed by atoms with Crippen LogP contribution in [0.25, 0.3) is 0 Å². The smallest absolute Gasteiger partial charge is 0.328 e. The second-order valence-electron chi connectivity index (χ2n) is 4.69. The zero-order valence-electron chi connectivity index (χ0n) is 12.6. The number of anilines is 1. The van der Waals surface area contributed by atoms with E-state index in [2.05, 4.69) is 10.6 Å². The number of nitrogens with one attached hydrogen (secondary N) is 2. The standard InChI is InChI=1S/C14H18N4O4.ClH/c1-22-11-3-2-9(13(20)16-6-5-15)8-10(11)18-7-4-12(19)17-14(18)21;/h2-3,8H,4-7,15H2,1H3,(H,16,20)(H,17,19,21);1H. The predicted octanol–water partition coefficient (Wildman–Crippen LogP) is 0.252. The van der Waals surface area contributed by atoms with Crippen molar-refractivity contribution in [3.05, 3.63) is 23.8 Å². The summed E-state index contributed by atoms with van der Waals surface area (Å²) in [5.41, 5.74) is 6.17. The van der Waals surface area contributed by atoms with Gasteiger partial charge in [0.1, 0.15) is 5.75 Å². The summed E-state index contributed by atoms with van der Waals surface area (Å²) in [6, 6.07) is 4.23. The number of benzene rings is 1. The second-order valence-corrected chi connectivity index (χ2v) is 4.69. The minimum absolute atomic E-state index is 0. The molecule has 4 amide bonds. The largest absolute Gasteiger partial charge is 0.495 e. The summed E-state index contributed by atoms with van der Waals surface area (Å²) in [5.74, 6) is -0.167. The van der Waals surface area contributed by atoms with Crippen LogP contribution in [-0.2, 0) is 4.79 Å². The Morgan fingerprint density at radius 1 is 1.43 bits per heavy atom. The van der Waals surface area contributed by atoms with E-state index in [0.717, 1.165) is 0 Å². The maximum absolute atomic E-state index is 12.0. The first-order valence-corrected chi connectivity index (χ1v) is 6.84. The summed E-state index contributed by atoms with van der Waals surface area (Å²) >= 11 is 0. The number of urea groups is 1. The first-order chi connectivity index (χ1) is 10.6. The Hall–Kier alpha value is -2.32. The zero-order chi connectivity index (χ0) is 16.1. The second kappa shape index (κ2) is 8.35. The third kappa shape index (κ3) is 4.33. The van der Waals surface area contributed by atoms with E-state index in [0.29, 0.717) is 30.1 Å². The number of nitrogens with zero attached hydrogens (tertiary/aromatic N) is 1. The van der Waals surface area contributed by atoms with Gasteiger partial charge in [0.2, 0.25) is 5.91 Å². The molecular weight excluding hydrogens is 324 g/mol. The molecule has 0 saturated carbocycles. The number of halogens is 1. The Morgan fingerprint density at radius 3 is 2.78 bits per heavy atom. The molecule has 9 heteroatoms. The van der Waals surface area contributed by atoms with Gasteiger partial charge in [-0.05, 0) is 18.2 Å². The summed E-state index contributed by atoms with van der Waals surface area (Å²) in [4.78, 5) is 36.5. The third-order valence-electron chi connectivity index (χ3n) is 3.22. The summed E-state index contributed by atoms with van der Waals surface area (Å²) in [6.07, 6.45) is 0.193. The van der Waals surface area contributed by atoms with E-state index in [1.165, 1.54) is 12.0 Å². The van der Waals surface area contributed by atoms with Crippen LogP contribution in [0.2, 0.25) is 0 Å². The van der Waals surface area contributed by atoms with Crippen molar-refractivity contribution in [3.63, 3.8) is 0 Å². The Morgan fingerprint density at radius 2 is 2.17 bits per heavy atom. The molecule has 1 fully saturated rings. The molecule has 0 atom stereocenters. The molecule has 8 nitrogen and oxygen atoms in total. The van der Waals surface area contributed by atoms with E-state index in [1.807, 2.05) is 0 Å². The Bertz CT molecular complexity index is 608. The molecule has 2 rings (SSSR count). The van der Waals surface area contributed by atoms with Crippen molar-refractivity contribution in [2.45, 2.75) is 6.42 Å². The van der Waals surface area contributed by atoms with E-state index in [4.69, 9.17) is 10.5 Å². The van der Waals surface area contributed by atoms with E-state index in [1.54, 1.807) is 18.2 Å². The summed E-state index contributed by atoms with van der Waals surface area (Å²) in [6.45, 7) is 0.930. The van der Waals surface area contributed by atoms with E-state index >= 15 is 0 Å². The van der Waals surface area contributed by atoms with Crippen molar-refractivity contribution in [1.82, 2.24) is 10.6 Å². The molecule has 4 N–H and O–H groups in total. The summed E-state index contributed by atoms with van der Waals surface area (Å²) in [7, 11) is 1.47. The average Bonchev–Trinajstić information content (AvgIpc) is 2.52. The molecule has 0 aliphatic carbocycles. The highest BCUT2D eigenvalue weighted by Gasteiger charge is 2.27. The Balaban J connectivity index is 0.00000264. The van der Waals surface area contributed by atoms with E-state index < -0.39 is 6.03 Å².